The van der Waals surface area contributed by atoms with Gasteiger partial charge in [-0.2, -0.15) is 5.10 Å². The van der Waals surface area contributed by atoms with E-state index in [0.29, 0.717) is 0 Å². The van der Waals surface area contributed by atoms with Crippen LogP contribution in [-0.2, 0) is 7.05 Å². The van der Waals surface area contributed by atoms with Crippen LogP contribution >= 0.6 is 0 Å². The summed E-state index contributed by atoms with van der Waals surface area (Å²) in [6.07, 6.45) is 4.00. The summed E-state index contributed by atoms with van der Waals surface area (Å²) in [5.41, 5.74) is 1.43. The van der Waals surface area contributed by atoms with E-state index in [4.69, 9.17) is 0 Å². The molecule has 0 aromatic carbocycles. The number of anilines is 1. The summed E-state index contributed by atoms with van der Waals surface area (Å²) in [4.78, 5) is 2.38. The molecule has 0 bridgehead atoms. The minimum Gasteiger partial charge on any atom is -0.366 e. The third-order valence-electron chi connectivity index (χ3n) is 2.63. The largest absolute Gasteiger partial charge is 0.366 e. The Bertz CT molecular complexity index is 316. The van der Waals surface area contributed by atoms with E-state index in [2.05, 4.69) is 35.4 Å². The van der Waals surface area contributed by atoms with E-state index in [1.54, 1.807) is 0 Å². The van der Waals surface area contributed by atoms with Gasteiger partial charge < -0.3 is 10.2 Å². The minimum atomic E-state index is 0.202. The van der Waals surface area contributed by atoms with Crippen LogP contribution in [0.2, 0.25) is 0 Å². The van der Waals surface area contributed by atoms with Crippen LogP contribution in [0.15, 0.2) is 12.4 Å². The van der Waals surface area contributed by atoms with Crippen LogP contribution in [0.3, 0.4) is 0 Å². The highest BCUT2D eigenvalue weighted by molar-refractivity contribution is 5.43. The van der Waals surface area contributed by atoms with Gasteiger partial charge in [0.05, 0.1) is 11.9 Å². The van der Waals surface area contributed by atoms with Gasteiger partial charge in [-0.3, -0.25) is 4.68 Å². The Morgan fingerprint density at radius 1 is 1.50 bits per heavy atom. The molecule has 1 aromatic rings. The van der Waals surface area contributed by atoms with Crippen molar-refractivity contribution in [2.24, 2.45) is 7.05 Å². The molecule has 0 unspecified atom stereocenters. The second-order valence-electron chi connectivity index (χ2n) is 4.60. The lowest BCUT2D eigenvalue weighted by Crippen LogP contribution is -2.57. The molecule has 0 saturated carbocycles. The first-order valence-corrected chi connectivity index (χ1v) is 5.05. The molecule has 1 aliphatic rings. The average molecular weight is 194 g/mol. The van der Waals surface area contributed by atoms with Crippen molar-refractivity contribution in [2.45, 2.75) is 19.4 Å². The maximum atomic E-state index is 4.19. The molecule has 78 valence electrons. The zero-order valence-corrected chi connectivity index (χ0v) is 9.12. The lowest BCUT2D eigenvalue weighted by atomic mass is 10.0. The van der Waals surface area contributed by atoms with Crippen LogP contribution < -0.4 is 10.2 Å². The molecule has 2 rings (SSSR count). The summed E-state index contributed by atoms with van der Waals surface area (Å²) in [6.45, 7) is 7.61. The van der Waals surface area contributed by atoms with E-state index in [-0.39, 0.29) is 5.54 Å². The molecule has 0 aliphatic carbocycles. The molecule has 1 aromatic heterocycles. The Balaban J connectivity index is 2.12. The average Bonchev–Trinajstić information content (AvgIpc) is 2.50. The van der Waals surface area contributed by atoms with Crippen molar-refractivity contribution in [2.75, 3.05) is 24.5 Å². The highest BCUT2D eigenvalue weighted by atomic mass is 15.3. The molecule has 14 heavy (non-hydrogen) atoms. The number of nitrogens with zero attached hydrogens (tertiary/aromatic N) is 3. The van der Waals surface area contributed by atoms with Crippen molar-refractivity contribution < 1.29 is 0 Å². The lowest BCUT2D eigenvalue weighted by Gasteiger charge is -2.39. The van der Waals surface area contributed by atoms with E-state index in [1.165, 1.54) is 5.69 Å². The van der Waals surface area contributed by atoms with Crippen LogP contribution in [0.5, 0.6) is 0 Å². The first-order valence-electron chi connectivity index (χ1n) is 5.05. The fraction of sp³-hybridized carbons (Fsp3) is 0.700. The standard InChI is InChI=1S/C10H18N4/c1-10(2)8-14(5-4-11-10)9-6-12-13(3)7-9/h6-7,11H,4-5,8H2,1-3H3. The molecule has 0 atom stereocenters. The number of aryl methyl sites for hydroxylation is 1. The second kappa shape index (κ2) is 3.28. The van der Waals surface area contributed by atoms with Gasteiger partial charge in [0, 0.05) is 38.4 Å². The van der Waals surface area contributed by atoms with E-state index >= 15 is 0 Å². The van der Waals surface area contributed by atoms with Crippen molar-refractivity contribution >= 4 is 5.69 Å². The molecular formula is C10H18N4. The van der Waals surface area contributed by atoms with Crippen molar-refractivity contribution in [1.29, 1.82) is 0 Å². The molecule has 4 heteroatoms. The van der Waals surface area contributed by atoms with E-state index in [0.717, 1.165) is 19.6 Å². The van der Waals surface area contributed by atoms with Crippen molar-refractivity contribution in [3.05, 3.63) is 12.4 Å². The summed E-state index contributed by atoms with van der Waals surface area (Å²) in [5, 5.41) is 7.69. The molecule has 1 aliphatic heterocycles. The highest BCUT2D eigenvalue weighted by Crippen LogP contribution is 2.18. The van der Waals surface area contributed by atoms with E-state index in [9.17, 15) is 0 Å². The zero-order chi connectivity index (χ0) is 10.2. The summed E-state index contributed by atoms with van der Waals surface area (Å²) in [6, 6.07) is 0. The predicted molar refractivity (Wildman–Crippen MR) is 57.5 cm³/mol. The van der Waals surface area contributed by atoms with Crippen LogP contribution in [0, 0.1) is 0 Å². The van der Waals surface area contributed by atoms with Gasteiger partial charge in [0.2, 0.25) is 0 Å². The van der Waals surface area contributed by atoms with Crippen LogP contribution in [-0.4, -0.2) is 35.0 Å². The number of rotatable bonds is 1. The van der Waals surface area contributed by atoms with Gasteiger partial charge in [0.15, 0.2) is 0 Å². The predicted octanol–water partition coefficient (Wildman–Crippen LogP) is 0.608. The Kier molecular flexibility index (Phi) is 2.23. The Labute approximate surface area is 84.9 Å². The van der Waals surface area contributed by atoms with Gasteiger partial charge in [-0.25, -0.2) is 0 Å². The maximum Gasteiger partial charge on any atom is 0.0753 e. The summed E-state index contributed by atoms with van der Waals surface area (Å²) in [7, 11) is 1.96. The topological polar surface area (TPSA) is 33.1 Å². The zero-order valence-electron chi connectivity index (χ0n) is 9.12. The molecule has 1 saturated heterocycles. The fourth-order valence-electron chi connectivity index (χ4n) is 1.93. The molecule has 1 fully saturated rings. The fourth-order valence-corrected chi connectivity index (χ4v) is 1.93. The maximum absolute atomic E-state index is 4.19. The van der Waals surface area contributed by atoms with Gasteiger partial charge in [0.25, 0.3) is 0 Å². The smallest absolute Gasteiger partial charge is 0.0753 e. The third kappa shape index (κ3) is 1.90. The van der Waals surface area contributed by atoms with Crippen molar-refractivity contribution in [1.82, 2.24) is 15.1 Å². The lowest BCUT2D eigenvalue weighted by molar-refractivity contribution is 0.353. The van der Waals surface area contributed by atoms with Gasteiger partial charge in [-0.15, -0.1) is 0 Å². The summed E-state index contributed by atoms with van der Waals surface area (Å²) in [5.74, 6) is 0. The molecule has 0 radical (unpaired) electrons. The van der Waals surface area contributed by atoms with Crippen molar-refractivity contribution in [3.8, 4) is 0 Å². The number of piperazine rings is 1. The molecule has 0 amide bonds. The summed E-state index contributed by atoms with van der Waals surface area (Å²) < 4.78 is 1.85. The summed E-state index contributed by atoms with van der Waals surface area (Å²) >= 11 is 0. The Hall–Kier alpha value is -1.03. The highest BCUT2D eigenvalue weighted by Gasteiger charge is 2.26. The Morgan fingerprint density at radius 2 is 2.29 bits per heavy atom. The third-order valence-corrected chi connectivity index (χ3v) is 2.63. The van der Waals surface area contributed by atoms with Gasteiger partial charge in [0.1, 0.15) is 0 Å². The second-order valence-corrected chi connectivity index (χ2v) is 4.60. The number of aromatic nitrogens is 2. The molecule has 2 heterocycles. The quantitative estimate of drug-likeness (QED) is 0.711. The Morgan fingerprint density at radius 3 is 2.86 bits per heavy atom. The normalized spacial score (nSPS) is 21.2. The van der Waals surface area contributed by atoms with E-state index < -0.39 is 0 Å². The molecular weight excluding hydrogens is 176 g/mol. The van der Waals surface area contributed by atoms with Crippen molar-refractivity contribution in [3.63, 3.8) is 0 Å². The van der Waals surface area contributed by atoms with E-state index in [1.807, 2.05) is 17.9 Å². The van der Waals surface area contributed by atoms with Gasteiger partial charge in [-0.1, -0.05) is 0 Å². The van der Waals surface area contributed by atoms with Gasteiger partial charge >= 0.3 is 0 Å². The number of hydrogen-bond donors (Lipinski definition) is 1. The van der Waals surface area contributed by atoms with Crippen LogP contribution in [0.4, 0.5) is 5.69 Å². The minimum absolute atomic E-state index is 0.202. The van der Waals surface area contributed by atoms with Crippen LogP contribution in [0.25, 0.3) is 0 Å². The van der Waals surface area contributed by atoms with Gasteiger partial charge in [-0.05, 0) is 13.8 Å². The molecule has 4 nitrogen and oxygen atoms in total. The molecule has 1 N–H and O–H groups in total. The van der Waals surface area contributed by atoms with Crippen LogP contribution in [0.1, 0.15) is 13.8 Å². The first kappa shape index (κ1) is 9.52. The number of hydrogen-bond acceptors (Lipinski definition) is 3. The molecule has 0 spiro atoms. The first-order chi connectivity index (χ1) is 6.57. The number of nitrogens with one attached hydrogen (secondary N) is 1. The SMILES string of the molecule is Cn1cc(N2CCNC(C)(C)C2)cn1. The monoisotopic (exact) mass is 194 g/mol.